The van der Waals surface area contributed by atoms with Crippen LogP contribution in [0.3, 0.4) is 0 Å². The molecule has 0 amide bonds. The predicted octanol–water partition coefficient (Wildman–Crippen LogP) is 6.76. The van der Waals surface area contributed by atoms with Gasteiger partial charge in [0.15, 0.2) is 0 Å². The minimum Gasteiger partial charge on any atom is -0.489 e. The van der Waals surface area contributed by atoms with E-state index in [0.717, 1.165) is 45.8 Å². The fraction of sp³-hybridized carbons (Fsp3) is 0.265. The Kier molecular flexibility index (Phi) is 6.96. The Hall–Kier alpha value is -4.14. The molecule has 5 aromatic rings. The number of fused-ring (bicyclic) bond motifs is 1. The van der Waals surface area contributed by atoms with E-state index in [1.54, 1.807) is 12.1 Å². The number of hydrogen-bond acceptors (Lipinski definition) is 7. The second-order valence-electron chi connectivity index (χ2n) is 11.1. The van der Waals surface area contributed by atoms with Crippen LogP contribution in [0.1, 0.15) is 35.2 Å². The number of thiazole rings is 1. The number of carbonyl (C=O) groups is 1. The molecule has 0 N–H and O–H groups in total. The van der Waals surface area contributed by atoms with E-state index in [9.17, 15) is 4.79 Å². The number of aromatic nitrogens is 2. The number of hydrogen-bond donors (Lipinski definition) is 0. The summed E-state index contributed by atoms with van der Waals surface area (Å²) in [4.78, 5) is 24.3. The summed E-state index contributed by atoms with van der Waals surface area (Å²) in [6.07, 6.45) is 2.07. The summed E-state index contributed by atoms with van der Waals surface area (Å²) in [7, 11) is 1.41. The van der Waals surface area contributed by atoms with E-state index in [0.29, 0.717) is 36.8 Å². The third-order valence-electron chi connectivity index (χ3n) is 8.31. The zero-order valence-corrected chi connectivity index (χ0v) is 24.1. The number of ether oxygens (including phenoxy) is 2. The molecule has 2 aromatic heterocycles. The average Bonchev–Trinajstić information content (AvgIpc) is 3.70. The molecule has 2 fully saturated rings. The molecular weight excluding hydrogens is 549 g/mol. The highest BCUT2D eigenvalue weighted by Crippen LogP contribution is 2.53. The number of pyridine rings is 1. The Morgan fingerprint density at radius 1 is 0.976 bits per heavy atom. The second kappa shape index (κ2) is 10.9. The molecule has 212 valence electrons. The molecule has 8 heteroatoms. The molecule has 1 saturated heterocycles. The summed E-state index contributed by atoms with van der Waals surface area (Å²) in [5.41, 5.74) is 5.41. The van der Waals surface area contributed by atoms with Crippen molar-refractivity contribution in [3.63, 3.8) is 0 Å². The van der Waals surface area contributed by atoms with Gasteiger partial charge in [0.2, 0.25) is 0 Å². The van der Waals surface area contributed by atoms with Gasteiger partial charge in [-0.3, -0.25) is 9.69 Å². The maximum atomic E-state index is 15.2. The first kappa shape index (κ1) is 26.7. The standard InChI is InChI=1S/C34H30FN3O3S/c1-40-33(39)24-19-38(20-24)18-23-7-12-27(28(35)17-23)31-36-29-13-14-30(37-32(29)42-31)34(15-16-34)25-8-10-26(11-9-25)41-21-22-5-3-2-4-6-22/h2-14,17,24H,15-16,18-21H2,1H3. The molecule has 1 aliphatic heterocycles. The van der Waals surface area contributed by atoms with Crippen LogP contribution in [0.25, 0.3) is 20.9 Å². The topological polar surface area (TPSA) is 64.5 Å². The monoisotopic (exact) mass is 579 g/mol. The summed E-state index contributed by atoms with van der Waals surface area (Å²) in [6, 6.07) is 27.9. The molecule has 6 nitrogen and oxygen atoms in total. The summed E-state index contributed by atoms with van der Waals surface area (Å²) in [5, 5.41) is 0.623. The largest absolute Gasteiger partial charge is 0.489 e. The number of esters is 1. The molecular formula is C34H30FN3O3S. The summed E-state index contributed by atoms with van der Waals surface area (Å²) in [5.74, 6) is 0.268. The average molecular weight is 580 g/mol. The van der Waals surface area contributed by atoms with E-state index in [2.05, 4.69) is 35.2 Å². The molecule has 42 heavy (non-hydrogen) atoms. The van der Waals surface area contributed by atoms with E-state index in [1.165, 1.54) is 24.0 Å². The summed E-state index contributed by atoms with van der Waals surface area (Å²) >= 11 is 1.42. The van der Waals surface area contributed by atoms with Crippen LogP contribution in [0.2, 0.25) is 0 Å². The zero-order chi connectivity index (χ0) is 28.7. The van der Waals surface area contributed by atoms with Crippen molar-refractivity contribution in [3.05, 3.63) is 113 Å². The molecule has 2 aliphatic rings. The van der Waals surface area contributed by atoms with Crippen LogP contribution in [0, 0.1) is 11.7 Å². The number of carbonyl (C=O) groups excluding carboxylic acids is 1. The van der Waals surface area contributed by atoms with Gasteiger partial charge in [-0.15, -0.1) is 0 Å². The van der Waals surface area contributed by atoms with Crippen LogP contribution in [-0.4, -0.2) is 41.0 Å². The van der Waals surface area contributed by atoms with Crippen LogP contribution >= 0.6 is 11.3 Å². The van der Waals surface area contributed by atoms with E-state index in [4.69, 9.17) is 19.4 Å². The normalized spacial score (nSPS) is 16.2. The van der Waals surface area contributed by atoms with Crippen molar-refractivity contribution in [2.45, 2.75) is 31.4 Å². The highest BCUT2D eigenvalue weighted by Gasteiger charge is 2.47. The molecule has 3 aromatic carbocycles. The lowest BCUT2D eigenvalue weighted by molar-refractivity contribution is -0.151. The fourth-order valence-corrected chi connectivity index (χ4v) is 6.70. The van der Waals surface area contributed by atoms with Crippen LogP contribution in [-0.2, 0) is 28.1 Å². The Bertz CT molecular complexity index is 1750. The molecule has 0 spiro atoms. The van der Waals surface area contributed by atoms with Crippen molar-refractivity contribution < 1.29 is 18.7 Å². The third-order valence-corrected chi connectivity index (χ3v) is 9.31. The first-order chi connectivity index (χ1) is 20.5. The summed E-state index contributed by atoms with van der Waals surface area (Å²) < 4.78 is 26.0. The van der Waals surface area contributed by atoms with Gasteiger partial charge in [0, 0.05) is 30.6 Å². The number of rotatable bonds is 9. The predicted molar refractivity (Wildman–Crippen MR) is 161 cm³/mol. The number of methoxy groups -OCH3 is 1. The maximum Gasteiger partial charge on any atom is 0.311 e. The van der Waals surface area contributed by atoms with Gasteiger partial charge in [0.25, 0.3) is 0 Å². The van der Waals surface area contributed by atoms with Crippen molar-refractivity contribution in [2.24, 2.45) is 5.92 Å². The Balaban J connectivity index is 1.05. The molecule has 0 bridgehead atoms. The van der Waals surface area contributed by atoms with Crippen LogP contribution in [0.5, 0.6) is 5.75 Å². The van der Waals surface area contributed by atoms with Gasteiger partial charge in [0.1, 0.15) is 33.5 Å². The Labute approximate surface area is 247 Å². The molecule has 0 atom stereocenters. The lowest BCUT2D eigenvalue weighted by Gasteiger charge is -2.37. The number of likely N-dealkylation sites (tertiary alicyclic amines) is 1. The van der Waals surface area contributed by atoms with Crippen LogP contribution in [0.15, 0.2) is 84.9 Å². The third kappa shape index (κ3) is 5.16. The fourth-order valence-electron chi connectivity index (χ4n) is 5.73. The zero-order valence-electron chi connectivity index (χ0n) is 23.3. The first-order valence-corrected chi connectivity index (χ1v) is 15.0. The Morgan fingerprint density at radius 3 is 2.48 bits per heavy atom. The van der Waals surface area contributed by atoms with Gasteiger partial charge in [-0.05, 0) is 65.9 Å². The van der Waals surface area contributed by atoms with Gasteiger partial charge in [0.05, 0.1) is 18.7 Å². The van der Waals surface area contributed by atoms with E-state index < -0.39 is 0 Å². The molecule has 0 unspecified atom stereocenters. The van der Waals surface area contributed by atoms with Crippen molar-refractivity contribution in [1.29, 1.82) is 0 Å². The molecule has 1 saturated carbocycles. The lowest BCUT2D eigenvalue weighted by Crippen LogP contribution is -2.49. The van der Waals surface area contributed by atoms with Gasteiger partial charge in [-0.2, -0.15) is 0 Å². The molecule has 7 rings (SSSR count). The van der Waals surface area contributed by atoms with Gasteiger partial charge in [-0.25, -0.2) is 14.4 Å². The summed E-state index contributed by atoms with van der Waals surface area (Å²) in [6.45, 7) is 2.40. The molecule has 3 heterocycles. The highest BCUT2D eigenvalue weighted by molar-refractivity contribution is 7.21. The van der Waals surface area contributed by atoms with E-state index >= 15 is 4.39 Å². The number of benzene rings is 3. The van der Waals surface area contributed by atoms with Gasteiger partial charge < -0.3 is 9.47 Å². The van der Waals surface area contributed by atoms with Crippen molar-refractivity contribution in [2.75, 3.05) is 20.2 Å². The van der Waals surface area contributed by atoms with Gasteiger partial charge in [-0.1, -0.05) is 59.9 Å². The van der Waals surface area contributed by atoms with E-state index in [-0.39, 0.29) is 23.1 Å². The first-order valence-electron chi connectivity index (χ1n) is 14.1. The minimum atomic E-state index is -0.301. The van der Waals surface area contributed by atoms with Crippen LogP contribution < -0.4 is 4.74 Å². The SMILES string of the molecule is COC(=O)C1CN(Cc2ccc(-c3nc4ccc(C5(c6ccc(OCc7ccccc7)cc6)CC5)nc4s3)c(F)c2)C1. The molecule has 0 radical (unpaired) electrons. The van der Waals surface area contributed by atoms with Crippen molar-refractivity contribution in [3.8, 4) is 16.3 Å². The van der Waals surface area contributed by atoms with Gasteiger partial charge >= 0.3 is 5.97 Å². The van der Waals surface area contributed by atoms with E-state index in [1.807, 2.05) is 42.5 Å². The lowest BCUT2D eigenvalue weighted by atomic mass is 9.92. The Morgan fingerprint density at radius 2 is 1.76 bits per heavy atom. The quantitative estimate of drug-likeness (QED) is 0.180. The minimum absolute atomic E-state index is 0.0904. The maximum absolute atomic E-state index is 15.2. The smallest absolute Gasteiger partial charge is 0.311 e. The molecule has 1 aliphatic carbocycles. The highest BCUT2D eigenvalue weighted by atomic mass is 32.1. The van der Waals surface area contributed by atoms with Crippen LogP contribution in [0.4, 0.5) is 4.39 Å². The number of nitrogens with zero attached hydrogens (tertiary/aromatic N) is 3. The second-order valence-corrected chi connectivity index (χ2v) is 12.1. The van der Waals surface area contributed by atoms with Crippen molar-refractivity contribution >= 4 is 27.7 Å². The number of halogens is 1. The van der Waals surface area contributed by atoms with Crippen molar-refractivity contribution in [1.82, 2.24) is 14.9 Å².